The highest BCUT2D eigenvalue weighted by Crippen LogP contribution is 2.63. The SMILES string of the molecule is CC1(C)COP(=O)([C@@H](OS(=O)(=O)c2ccccc2)C(Cl)(Cl)Cl)OC1. The largest absolute Gasteiger partial charge is 0.365 e. The van der Waals surface area contributed by atoms with Gasteiger partial charge in [0.15, 0.2) is 0 Å². The molecule has 1 aliphatic heterocycles. The highest BCUT2D eigenvalue weighted by Gasteiger charge is 2.55. The first kappa shape index (κ1) is 20.5. The summed E-state index contributed by atoms with van der Waals surface area (Å²) in [5.41, 5.74) is -0.412. The summed E-state index contributed by atoms with van der Waals surface area (Å²) in [6.45, 7) is 3.72. The summed E-state index contributed by atoms with van der Waals surface area (Å²) >= 11 is 17.4. The lowest BCUT2D eigenvalue weighted by atomic mass is 9.97. The van der Waals surface area contributed by atoms with Crippen LogP contribution in [0.1, 0.15) is 13.8 Å². The normalized spacial score (nSPS) is 22.0. The maximum Gasteiger partial charge on any atom is 0.365 e. The molecule has 0 radical (unpaired) electrons. The molecule has 0 bridgehead atoms. The van der Waals surface area contributed by atoms with Crippen molar-refractivity contribution in [2.45, 2.75) is 28.4 Å². The third kappa shape index (κ3) is 4.86. The molecule has 0 aliphatic carbocycles. The molecule has 0 aromatic heterocycles. The van der Waals surface area contributed by atoms with E-state index in [1.165, 1.54) is 24.3 Å². The quantitative estimate of drug-likeness (QED) is 0.396. The van der Waals surface area contributed by atoms with E-state index in [1.54, 1.807) is 6.07 Å². The van der Waals surface area contributed by atoms with E-state index in [0.29, 0.717) is 0 Å². The molecule has 24 heavy (non-hydrogen) atoms. The Morgan fingerprint density at radius 1 is 1.17 bits per heavy atom. The highest BCUT2D eigenvalue weighted by molar-refractivity contribution is 7.87. The lowest BCUT2D eigenvalue weighted by Gasteiger charge is -2.38. The van der Waals surface area contributed by atoms with Gasteiger partial charge in [-0.05, 0) is 12.1 Å². The summed E-state index contributed by atoms with van der Waals surface area (Å²) in [5, 5.41) is 0. The fourth-order valence-corrected chi connectivity index (χ4v) is 6.67. The van der Waals surface area contributed by atoms with Gasteiger partial charge >= 0.3 is 7.60 Å². The van der Waals surface area contributed by atoms with Crippen LogP contribution in [0.4, 0.5) is 0 Å². The summed E-state index contributed by atoms with van der Waals surface area (Å²) < 4.78 is 50.7. The molecule has 1 aromatic carbocycles. The van der Waals surface area contributed by atoms with Crippen LogP contribution < -0.4 is 0 Å². The Hall–Kier alpha value is 0.150. The predicted molar refractivity (Wildman–Crippen MR) is 92.1 cm³/mol. The average molecular weight is 438 g/mol. The fourth-order valence-electron chi connectivity index (χ4n) is 1.79. The number of hydrogen-bond acceptors (Lipinski definition) is 6. The van der Waals surface area contributed by atoms with Gasteiger partial charge in [0, 0.05) is 5.41 Å². The topological polar surface area (TPSA) is 78.9 Å². The van der Waals surface area contributed by atoms with Crippen molar-refractivity contribution in [2.24, 2.45) is 5.41 Å². The van der Waals surface area contributed by atoms with Crippen LogP contribution in [0.25, 0.3) is 0 Å². The molecule has 6 nitrogen and oxygen atoms in total. The third-order valence-electron chi connectivity index (χ3n) is 3.09. The van der Waals surface area contributed by atoms with Crippen LogP contribution in [-0.4, -0.2) is 31.3 Å². The molecule has 11 heteroatoms. The van der Waals surface area contributed by atoms with Crippen LogP contribution in [-0.2, 0) is 27.9 Å². The monoisotopic (exact) mass is 436 g/mol. The zero-order valence-electron chi connectivity index (χ0n) is 12.8. The van der Waals surface area contributed by atoms with Gasteiger partial charge in [-0.2, -0.15) is 8.42 Å². The van der Waals surface area contributed by atoms with Crippen LogP contribution in [0, 0.1) is 5.41 Å². The molecule has 1 aliphatic rings. The molecule has 1 saturated heterocycles. The lowest BCUT2D eigenvalue weighted by Crippen LogP contribution is -2.38. The second-order valence-corrected chi connectivity index (χ2v) is 12.0. The van der Waals surface area contributed by atoms with Gasteiger partial charge in [0.05, 0.1) is 18.1 Å². The van der Waals surface area contributed by atoms with Crippen LogP contribution >= 0.6 is 42.4 Å². The molecule has 2 rings (SSSR count). The first-order chi connectivity index (χ1) is 10.9. The molecule has 0 N–H and O–H groups in total. The maximum atomic E-state index is 12.9. The predicted octanol–water partition coefficient (Wildman–Crippen LogP) is 4.35. The summed E-state index contributed by atoms with van der Waals surface area (Å²) in [4.78, 5) is -0.173. The van der Waals surface area contributed by atoms with E-state index in [0.717, 1.165) is 0 Å². The van der Waals surface area contributed by atoms with Crippen LogP contribution in [0.15, 0.2) is 35.2 Å². The number of rotatable bonds is 4. The summed E-state index contributed by atoms with van der Waals surface area (Å²) in [7, 11) is -8.48. The van der Waals surface area contributed by atoms with Crippen LogP contribution in [0.2, 0.25) is 0 Å². The van der Waals surface area contributed by atoms with Crippen molar-refractivity contribution in [1.82, 2.24) is 0 Å². The van der Waals surface area contributed by atoms with Gasteiger partial charge < -0.3 is 9.05 Å². The van der Waals surface area contributed by atoms with E-state index in [-0.39, 0.29) is 18.1 Å². The van der Waals surface area contributed by atoms with E-state index in [1.807, 2.05) is 13.8 Å². The lowest BCUT2D eigenvalue weighted by molar-refractivity contribution is 0.0270. The summed E-state index contributed by atoms with van der Waals surface area (Å²) in [6.07, 6.45) is 0. The molecule has 1 atom stereocenters. The van der Waals surface area contributed by atoms with E-state index in [2.05, 4.69) is 0 Å². The Labute approximate surface area is 156 Å². The molecule has 136 valence electrons. The Kier molecular flexibility index (Phi) is 6.01. The first-order valence-electron chi connectivity index (χ1n) is 6.80. The third-order valence-corrected chi connectivity index (χ3v) is 7.62. The van der Waals surface area contributed by atoms with Crippen molar-refractivity contribution in [3.05, 3.63) is 30.3 Å². The van der Waals surface area contributed by atoms with Crippen molar-refractivity contribution in [3.63, 3.8) is 0 Å². The van der Waals surface area contributed by atoms with Crippen molar-refractivity contribution in [2.75, 3.05) is 13.2 Å². The fraction of sp³-hybridized carbons (Fsp3) is 0.538. The smallest absolute Gasteiger partial charge is 0.306 e. The maximum absolute atomic E-state index is 12.9. The van der Waals surface area contributed by atoms with E-state index >= 15 is 0 Å². The highest BCUT2D eigenvalue weighted by atomic mass is 35.6. The molecule has 0 amide bonds. The Morgan fingerprint density at radius 2 is 1.67 bits per heavy atom. The van der Waals surface area contributed by atoms with Crippen molar-refractivity contribution in [1.29, 1.82) is 0 Å². The van der Waals surface area contributed by atoms with Gasteiger partial charge in [-0.15, -0.1) is 0 Å². The van der Waals surface area contributed by atoms with E-state index in [4.69, 9.17) is 48.0 Å². The van der Waals surface area contributed by atoms with Crippen LogP contribution in [0.5, 0.6) is 0 Å². The van der Waals surface area contributed by atoms with Crippen molar-refractivity contribution < 1.29 is 26.2 Å². The average Bonchev–Trinajstić information content (AvgIpc) is 2.48. The molecule has 1 aromatic rings. The molecular weight excluding hydrogens is 422 g/mol. The minimum atomic E-state index is -4.34. The molecule has 0 spiro atoms. The number of benzene rings is 1. The van der Waals surface area contributed by atoms with Crippen LogP contribution in [0.3, 0.4) is 0 Å². The summed E-state index contributed by atoms with van der Waals surface area (Å²) in [5.74, 6) is -1.93. The van der Waals surface area contributed by atoms with Gasteiger partial charge in [-0.3, -0.25) is 4.57 Å². The Morgan fingerprint density at radius 3 is 2.12 bits per heavy atom. The van der Waals surface area contributed by atoms with Crippen molar-refractivity contribution in [3.8, 4) is 0 Å². The van der Waals surface area contributed by atoms with Gasteiger partial charge in [0.25, 0.3) is 10.1 Å². The summed E-state index contributed by atoms with van der Waals surface area (Å²) in [6, 6.07) is 7.22. The molecule has 0 unspecified atom stereocenters. The zero-order chi connectivity index (χ0) is 18.2. The second kappa shape index (κ2) is 7.05. The van der Waals surface area contributed by atoms with Crippen molar-refractivity contribution >= 4 is 52.5 Å². The van der Waals surface area contributed by atoms with Gasteiger partial charge in [-0.1, -0.05) is 66.8 Å². The number of hydrogen-bond donors (Lipinski definition) is 0. The Bertz CT molecular complexity index is 718. The molecule has 0 saturated carbocycles. The van der Waals surface area contributed by atoms with Gasteiger partial charge in [0.2, 0.25) is 9.64 Å². The first-order valence-corrected chi connectivity index (χ1v) is 11.0. The minimum Gasteiger partial charge on any atom is -0.306 e. The van der Waals surface area contributed by atoms with Gasteiger partial charge in [0.1, 0.15) is 0 Å². The molecular formula is C13H16Cl3O6PS. The van der Waals surface area contributed by atoms with E-state index in [9.17, 15) is 13.0 Å². The molecule has 1 fully saturated rings. The number of alkyl halides is 3. The standard InChI is InChI=1S/C13H16Cl3O6PS/c1-12(2)8-20-23(17,21-9-12)11(13(14,15)16)22-24(18,19)10-6-4-3-5-7-10/h3-7,11H,8-9H2,1-2H3/t11-/m1/s1. The Balaban J connectivity index is 2.33. The minimum absolute atomic E-state index is 0.0380. The van der Waals surface area contributed by atoms with Gasteiger partial charge in [-0.25, -0.2) is 4.18 Å². The van der Waals surface area contributed by atoms with E-state index < -0.39 is 32.8 Å². The molecule has 1 heterocycles. The zero-order valence-corrected chi connectivity index (χ0v) is 16.8. The second-order valence-electron chi connectivity index (χ2n) is 6.01. The number of halogens is 3.